The highest BCUT2D eigenvalue weighted by Gasteiger charge is 2.48. The number of hydrogen-bond donors (Lipinski definition) is 2. The molecule has 2 aliphatic heterocycles. The molecule has 2 saturated heterocycles. The van der Waals surface area contributed by atoms with Gasteiger partial charge < -0.3 is 24.4 Å². The quantitative estimate of drug-likeness (QED) is 0.631. The molecule has 2 fully saturated rings. The number of aliphatic hydroxyl groups excluding tert-OH is 1. The Labute approximate surface area is 104 Å². The third kappa shape index (κ3) is 2.98. The first-order valence-electron chi connectivity index (χ1n) is 5.90. The van der Waals surface area contributed by atoms with Crippen molar-refractivity contribution < 1.29 is 34.0 Å². The first kappa shape index (κ1) is 13.3. The van der Waals surface area contributed by atoms with Crippen LogP contribution in [0, 0.1) is 0 Å². The van der Waals surface area contributed by atoms with Crippen LogP contribution >= 0.6 is 0 Å². The number of carbonyl (C=O) groups excluding carboxylic acids is 1. The number of aliphatic carboxylic acids is 1. The minimum Gasteiger partial charge on any atom is -0.481 e. The lowest BCUT2D eigenvalue weighted by Gasteiger charge is -2.16. The summed E-state index contributed by atoms with van der Waals surface area (Å²) in [6.07, 6.45) is -1.78. The fraction of sp³-hybridized carbons (Fsp3) is 0.818. The van der Waals surface area contributed by atoms with Crippen molar-refractivity contribution in [1.29, 1.82) is 0 Å². The number of rotatable bonds is 5. The average Bonchev–Trinajstić information content (AvgIpc) is 2.83. The second kappa shape index (κ2) is 5.64. The molecule has 2 N–H and O–H groups in total. The first-order valence-corrected chi connectivity index (χ1v) is 5.90. The van der Waals surface area contributed by atoms with E-state index in [1.165, 1.54) is 0 Å². The second-order valence-electron chi connectivity index (χ2n) is 4.44. The molecular weight excluding hydrogens is 244 g/mol. The number of carboxylic acid groups (broad SMARTS) is 1. The van der Waals surface area contributed by atoms with Crippen LogP contribution in [0.1, 0.15) is 19.3 Å². The van der Waals surface area contributed by atoms with Gasteiger partial charge in [-0.25, -0.2) is 0 Å². The SMILES string of the molecule is O=C(O)CCCC(=O)O[C@@H]1CO[C@H]2[C@@H]1OC[C@H]2O. The average molecular weight is 260 g/mol. The zero-order chi connectivity index (χ0) is 13.1. The maximum Gasteiger partial charge on any atom is 0.306 e. The molecule has 0 saturated carbocycles. The monoisotopic (exact) mass is 260 g/mol. The lowest BCUT2D eigenvalue weighted by molar-refractivity contribution is -0.154. The molecule has 0 bridgehead atoms. The Kier molecular flexibility index (Phi) is 4.15. The van der Waals surface area contributed by atoms with Crippen LogP contribution in [0.25, 0.3) is 0 Å². The summed E-state index contributed by atoms with van der Waals surface area (Å²) in [5, 5.41) is 17.9. The van der Waals surface area contributed by atoms with Crippen LogP contribution in [0.3, 0.4) is 0 Å². The topological polar surface area (TPSA) is 102 Å². The van der Waals surface area contributed by atoms with E-state index in [9.17, 15) is 14.7 Å². The van der Waals surface area contributed by atoms with Gasteiger partial charge in [0.1, 0.15) is 18.3 Å². The molecule has 0 amide bonds. The molecule has 0 aromatic heterocycles. The van der Waals surface area contributed by atoms with Gasteiger partial charge in [0.05, 0.1) is 13.2 Å². The van der Waals surface area contributed by atoms with Crippen molar-refractivity contribution >= 4 is 11.9 Å². The van der Waals surface area contributed by atoms with E-state index in [0.717, 1.165) is 0 Å². The number of hydrogen-bond acceptors (Lipinski definition) is 6. The highest BCUT2D eigenvalue weighted by Crippen LogP contribution is 2.28. The summed E-state index contributed by atoms with van der Waals surface area (Å²) in [5.41, 5.74) is 0. The Bertz CT molecular complexity index is 329. The van der Waals surface area contributed by atoms with Crippen LogP contribution in [0.15, 0.2) is 0 Å². The minimum absolute atomic E-state index is 0.0580. The summed E-state index contributed by atoms with van der Waals surface area (Å²) >= 11 is 0. The van der Waals surface area contributed by atoms with Gasteiger partial charge in [-0.3, -0.25) is 9.59 Å². The van der Waals surface area contributed by atoms with Crippen LogP contribution in [-0.4, -0.2) is 59.8 Å². The van der Waals surface area contributed by atoms with E-state index in [4.69, 9.17) is 19.3 Å². The van der Waals surface area contributed by atoms with Gasteiger partial charge in [-0.15, -0.1) is 0 Å². The van der Waals surface area contributed by atoms with Gasteiger partial charge >= 0.3 is 11.9 Å². The number of carbonyl (C=O) groups is 2. The minimum atomic E-state index is -0.936. The van der Waals surface area contributed by atoms with Crippen molar-refractivity contribution in [1.82, 2.24) is 0 Å². The van der Waals surface area contributed by atoms with Crippen molar-refractivity contribution in [2.75, 3.05) is 13.2 Å². The van der Waals surface area contributed by atoms with Crippen LogP contribution in [-0.2, 0) is 23.8 Å². The smallest absolute Gasteiger partial charge is 0.306 e. The van der Waals surface area contributed by atoms with Crippen molar-refractivity contribution in [3.05, 3.63) is 0 Å². The summed E-state index contributed by atoms with van der Waals surface area (Å²) in [6.45, 7) is 0.388. The lowest BCUT2D eigenvalue weighted by Crippen LogP contribution is -2.34. The summed E-state index contributed by atoms with van der Waals surface area (Å²) in [6, 6.07) is 0. The molecule has 0 spiro atoms. The first-order chi connectivity index (χ1) is 8.58. The van der Waals surface area contributed by atoms with Crippen molar-refractivity contribution in [3.8, 4) is 0 Å². The Balaban J connectivity index is 1.73. The Hall–Kier alpha value is -1.18. The molecule has 0 radical (unpaired) electrons. The highest BCUT2D eigenvalue weighted by atomic mass is 16.6. The van der Waals surface area contributed by atoms with Crippen LogP contribution in [0.2, 0.25) is 0 Å². The fourth-order valence-corrected chi connectivity index (χ4v) is 2.16. The molecule has 2 heterocycles. The van der Waals surface area contributed by atoms with Crippen molar-refractivity contribution in [2.45, 2.75) is 43.7 Å². The predicted molar refractivity (Wildman–Crippen MR) is 56.9 cm³/mol. The fourth-order valence-electron chi connectivity index (χ4n) is 2.16. The normalized spacial score (nSPS) is 34.3. The molecule has 0 aliphatic carbocycles. The van der Waals surface area contributed by atoms with E-state index in [-0.39, 0.29) is 32.5 Å². The second-order valence-corrected chi connectivity index (χ2v) is 4.44. The van der Waals surface area contributed by atoms with Gasteiger partial charge in [-0.05, 0) is 6.42 Å². The van der Waals surface area contributed by atoms with E-state index in [2.05, 4.69) is 0 Å². The maximum atomic E-state index is 11.5. The number of aliphatic hydroxyl groups is 1. The van der Waals surface area contributed by atoms with Crippen LogP contribution in [0.5, 0.6) is 0 Å². The van der Waals surface area contributed by atoms with E-state index < -0.39 is 36.4 Å². The van der Waals surface area contributed by atoms with Gasteiger partial charge in [0, 0.05) is 12.8 Å². The zero-order valence-electron chi connectivity index (χ0n) is 9.78. The van der Waals surface area contributed by atoms with Crippen LogP contribution < -0.4 is 0 Å². The molecule has 2 aliphatic rings. The van der Waals surface area contributed by atoms with Crippen molar-refractivity contribution in [3.63, 3.8) is 0 Å². The number of esters is 1. The van der Waals surface area contributed by atoms with E-state index in [1.54, 1.807) is 0 Å². The molecule has 18 heavy (non-hydrogen) atoms. The van der Waals surface area contributed by atoms with E-state index >= 15 is 0 Å². The lowest BCUT2D eigenvalue weighted by atomic mass is 10.1. The summed E-state index contributed by atoms with van der Waals surface area (Å²) in [7, 11) is 0. The summed E-state index contributed by atoms with van der Waals surface area (Å²) < 4.78 is 15.8. The van der Waals surface area contributed by atoms with E-state index in [1.807, 2.05) is 0 Å². The third-order valence-electron chi connectivity index (χ3n) is 3.04. The molecular formula is C11H16O7. The standard InChI is InChI=1S/C11H16O7/c12-6-4-16-11-7(5-17-10(6)11)18-9(15)3-1-2-8(13)14/h6-7,10-12H,1-5H2,(H,13,14)/t6-,7-,10-,11-/m1/s1. The predicted octanol–water partition coefficient (Wildman–Crippen LogP) is -0.688. The van der Waals surface area contributed by atoms with Gasteiger partial charge in [-0.2, -0.15) is 0 Å². The maximum absolute atomic E-state index is 11.5. The molecule has 7 nitrogen and oxygen atoms in total. The molecule has 4 atom stereocenters. The Morgan fingerprint density at radius 1 is 1.17 bits per heavy atom. The van der Waals surface area contributed by atoms with Crippen molar-refractivity contribution in [2.24, 2.45) is 0 Å². The van der Waals surface area contributed by atoms with Gasteiger partial charge in [0.25, 0.3) is 0 Å². The Morgan fingerprint density at radius 2 is 1.89 bits per heavy atom. The van der Waals surface area contributed by atoms with E-state index in [0.29, 0.717) is 0 Å². The number of carboxylic acids is 1. The largest absolute Gasteiger partial charge is 0.481 e. The molecule has 0 unspecified atom stereocenters. The van der Waals surface area contributed by atoms with Crippen LogP contribution in [0.4, 0.5) is 0 Å². The highest BCUT2D eigenvalue weighted by molar-refractivity contribution is 5.71. The zero-order valence-corrected chi connectivity index (χ0v) is 9.78. The summed E-state index contributed by atoms with van der Waals surface area (Å²) in [5.74, 6) is -1.40. The molecule has 0 aromatic carbocycles. The van der Waals surface area contributed by atoms with Gasteiger partial charge in [-0.1, -0.05) is 0 Å². The van der Waals surface area contributed by atoms with Gasteiger partial charge in [0.15, 0.2) is 6.10 Å². The molecule has 0 aromatic rings. The third-order valence-corrected chi connectivity index (χ3v) is 3.04. The number of ether oxygens (including phenoxy) is 3. The molecule has 2 rings (SSSR count). The van der Waals surface area contributed by atoms with Gasteiger partial charge in [0.2, 0.25) is 0 Å². The number of fused-ring (bicyclic) bond motifs is 1. The Morgan fingerprint density at radius 3 is 2.61 bits per heavy atom. The molecule has 102 valence electrons. The molecule has 7 heteroatoms. The summed E-state index contributed by atoms with van der Waals surface area (Å²) in [4.78, 5) is 21.8.